The lowest BCUT2D eigenvalue weighted by Gasteiger charge is -2.19. The summed E-state index contributed by atoms with van der Waals surface area (Å²) in [4.78, 5) is 13.4. The number of hydrogen-bond acceptors (Lipinski definition) is 3. The van der Waals surface area contributed by atoms with Crippen molar-refractivity contribution in [1.29, 1.82) is 0 Å². The van der Waals surface area contributed by atoms with Crippen LogP contribution in [-0.4, -0.2) is 31.1 Å². The predicted octanol–water partition coefficient (Wildman–Crippen LogP) is 1.65. The van der Waals surface area contributed by atoms with Crippen LogP contribution in [0, 0.1) is 0 Å². The van der Waals surface area contributed by atoms with E-state index >= 15 is 0 Å². The van der Waals surface area contributed by atoms with Crippen LogP contribution in [0.2, 0.25) is 0 Å². The number of benzene rings is 1. The smallest absolute Gasteiger partial charge is 0.217 e. The van der Waals surface area contributed by atoms with Gasteiger partial charge in [0.2, 0.25) is 5.91 Å². The van der Waals surface area contributed by atoms with Crippen molar-refractivity contribution in [2.45, 2.75) is 44.8 Å². The molecule has 1 saturated carbocycles. The van der Waals surface area contributed by atoms with E-state index in [2.05, 4.69) is 39.8 Å². The Labute approximate surface area is 120 Å². The topological polar surface area (TPSA) is 44.4 Å². The molecule has 3 rings (SSSR count). The van der Waals surface area contributed by atoms with Crippen LogP contribution in [0.4, 0.5) is 5.69 Å². The van der Waals surface area contributed by atoms with Crippen LogP contribution >= 0.6 is 0 Å². The van der Waals surface area contributed by atoms with Crippen molar-refractivity contribution in [2.24, 2.45) is 0 Å². The van der Waals surface area contributed by atoms with E-state index in [0.717, 1.165) is 32.1 Å². The molecule has 0 radical (unpaired) electrons. The first kappa shape index (κ1) is 13.4. The summed E-state index contributed by atoms with van der Waals surface area (Å²) in [6, 6.07) is 9.85. The van der Waals surface area contributed by atoms with Crippen LogP contribution in [0.25, 0.3) is 0 Å². The molecular formula is C16H23N3O. The summed E-state index contributed by atoms with van der Waals surface area (Å²) in [7, 11) is 0. The first-order valence-electron chi connectivity index (χ1n) is 7.55. The monoisotopic (exact) mass is 273 g/mol. The zero-order valence-electron chi connectivity index (χ0n) is 12.1. The number of rotatable bonds is 5. The standard InChI is InChI=1S/C16H23N3O/c1-12(20)18-15-8-9-19(11-15)16-6-2-13(3-7-16)10-17-14-4-5-14/h2-3,6-7,14-15,17H,4-5,8-11H2,1H3,(H,18,20). The number of hydrogen-bond donors (Lipinski definition) is 2. The minimum Gasteiger partial charge on any atom is -0.369 e. The highest BCUT2D eigenvalue weighted by molar-refractivity contribution is 5.73. The molecule has 1 aliphatic carbocycles. The van der Waals surface area contributed by atoms with Crippen LogP contribution in [0.1, 0.15) is 31.7 Å². The molecule has 1 aliphatic heterocycles. The molecule has 1 heterocycles. The first-order valence-corrected chi connectivity index (χ1v) is 7.55. The minimum atomic E-state index is 0.0679. The van der Waals surface area contributed by atoms with Crippen molar-refractivity contribution >= 4 is 11.6 Å². The summed E-state index contributed by atoms with van der Waals surface area (Å²) >= 11 is 0. The SMILES string of the molecule is CC(=O)NC1CCN(c2ccc(CNC3CC3)cc2)C1. The van der Waals surface area contributed by atoms with Crippen LogP contribution < -0.4 is 15.5 Å². The van der Waals surface area contributed by atoms with Crippen molar-refractivity contribution in [2.75, 3.05) is 18.0 Å². The fraction of sp³-hybridized carbons (Fsp3) is 0.562. The Morgan fingerprint density at radius 2 is 1.95 bits per heavy atom. The van der Waals surface area contributed by atoms with Gasteiger partial charge in [-0.05, 0) is 37.0 Å². The summed E-state index contributed by atoms with van der Waals surface area (Å²) < 4.78 is 0. The van der Waals surface area contributed by atoms with E-state index < -0.39 is 0 Å². The van der Waals surface area contributed by atoms with E-state index in [1.165, 1.54) is 24.1 Å². The van der Waals surface area contributed by atoms with Gasteiger partial charge in [0, 0.05) is 44.3 Å². The number of anilines is 1. The van der Waals surface area contributed by atoms with E-state index in [9.17, 15) is 4.79 Å². The maximum absolute atomic E-state index is 11.1. The van der Waals surface area contributed by atoms with Crippen LogP contribution in [0.5, 0.6) is 0 Å². The number of carbonyl (C=O) groups excluding carboxylic acids is 1. The lowest BCUT2D eigenvalue weighted by atomic mass is 10.2. The van der Waals surface area contributed by atoms with Crippen LogP contribution in [0.15, 0.2) is 24.3 Å². The van der Waals surface area contributed by atoms with E-state index in [4.69, 9.17) is 0 Å². The number of carbonyl (C=O) groups is 1. The predicted molar refractivity (Wildman–Crippen MR) is 80.7 cm³/mol. The number of nitrogens with zero attached hydrogens (tertiary/aromatic N) is 1. The van der Waals surface area contributed by atoms with E-state index in [1.807, 2.05) is 0 Å². The molecule has 2 aliphatic rings. The molecule has 1 aromatic rings. The lowest BCUT2D eigenvalue weighted by Crippen LogP contribution is -2.35. The maximum atomic E-state index is 11.1. The molecule has 2 N–H and O–H groups in total. The molecule has 20 heavy (non-hydrogen) atoms. The van der Waals surface area contributed by atoms with Crippen molar-refractivity contribution in [3.63, 3.8) is 0 Å². The molecule has 108 valence electrons. The van der Waals surface area contributed by atoms with Gasteiger partial charge >= 0.3 is 0 Å². The summed E-state index contributed by atoms with van der Waals surface area (Å²) in [5, 5.41) is 6.53. The molecular weight excluding hydrogens is 250 g/mol. The molecule has 4 nitrogen and oxygen atoms in total. The van der Waals surface area contributed by atoms with Gasteiger partial charge in [-0.1, -0.05) is 12.1 Å². The normalized spacial score (nSPS) is 22.1. The van der Waals surface area contributed by atoms with Gasteiger partial charge in [-0.3, -0.25) is 4.79 Å². The van der Waals surface area contributed by atoms with Gasteiger partial charge < -0.3 is 15.5 Å². The summed E-state index contributed by atoms with van der Waals surface area (Å²) in [6.45, 7) is 4.49. The Hall–Kier alpha value is -1.55. The Balaban J connectivity index is 1.53. The Bertz CT molecular complexity index is 467. The maximum Gasteiger partial charge on any atom is 0.217 e. The number of nitrogens with one attached hydrogen (secondary N) is 2. The van der Waals surface area contributed by atoms with Crippen LogP contribution in [0.3, 0.4) is 0 Å². The molecule has 1 amide bonds. The van der Waals surface area contributed by atoms with E-state index in [1.54, 1.807) is 6.92 Å². The van der Waals surface area contributed by atoms with Gasteiger partial charge in [0.25, 0.3) is 0 Å². The average Bonchev–Trinajstić information content (AvgIpc) is 3.15. The van der Waals surface area contributed by atoms with Crippen molar-refractivity contribution < 1.29 is 4.79 Å². The van der Waals surface area contributed by atoms with Crippen molar-refractivity contribution in [3.8, 4) is 0 Å². The third-order valence-electron chi connectivity index (χ3n) is 4.07. The summed E-state index contributed by atoms with van der Waals surface area (Å²) in [5.41, 5.74) is 2.60. The molecule has 0 spiro atoms. The van der Waals surface area contributed by atoms with Gasteiger partial charge in [0.05, 0.1) is 0 Å². The highest BCUT2D eigenvalue weighted by Crippen LogP contribution is 2.22. The third-order valence-corrected chi connectivity index (χ3v) is 4.07. The minimum absolute atomic E-state index is 0.0679. The Kier molecular flexibility index (Phi) is 3.92. The largest absolute Gasteiger partial charge is 0.369 e. The van der Waals surface area contributed by atoms with Gasteiger partial charge in [-0.15, -0.1) is 0 Å². The van der Waals surface area contributed by atoms with Crippen molar-refractivity contribution in [3.05, 3.63) is 29.8 Å². The molecule has 0 bridgehead atoms. The lowest BCUT2D eigenvalue weighted by molar-refractivity contribution is -0.119. The first-order chi connectivity index (χ1) is 9.70. The van der Waals surface area contributed by atoms with Gasteiger partial charge in [0.1, 0.15) is 0 Å². The Morgan fingerprint density at radius 3 is 2.60 bits per heavy atom. The van der Waals surface area contributed by atoms with E-state index in [0.29, 0.717) is 6.04 Å². The van der Waals surface area contributed by atoms with Crippen LogP contribution in [-0.2, 0) is 11.3 Å². The molecule has 0 aromatic heterocycles. The van der Waals surface area contributed by atoms with Gasteiger partial charge in [-0.25, -0.2) is 0 Å². The van der Waals surface area contributed by atoms with Gasteiger partial charge in [-0.2, -0.15) is 0 Å². The second-order valence-corrected chi connectivity index (χ2v) is 5.95. The molecule has 1 saturated heterocycles. The molecule has 2 fully saturated rings. The summed E-state index contributed by atoms with van der Waals surface area (Å²) in [5.74, 6) is 0.0679. The second-order valence-electron chi connectivity index (χ2n) is 5.95. The molecule has 1 unspecified atom stereocenters. The zero-order valence-corrected chi connectivity index (χ0v) is 12.1. The van der Waals surface area contributed by atoms with Crippen molar-refractivity contribution in [1.82, 2.24) is 10.6 Å². The highest BCUT2D eigenvalue weighted by atomic mass is 16.1. The summed E-state index contributed by atoms with van der Waals surface area (Å²) in [6.07, 6.45) is 3.69. The fourth-order valence-corrected chi connectivity index (χ4v) is 2.77. The third kappa shape index (κ3) is 3.51. The molecule has 1 atom stereocenters. The average molecular weight is 273 g/mol. The Morgan fingerprint density at radius 1 is 1.20 bits per heavy atom. The fourth-order valence-electron chi connectivity index (χ4n) is 2.77. The quantitative estimate of drug-likeness (QED) is 0.857. The zero-order chi connectivity index (χ0) is 13.9. The molecule has 4 heteroatoms. The second kappa shape index (κ2) is 5.83. The highest BCUT2D eigenvalue weighted by Gasteiger charge is 2.23. The van der Waals surface area contributed by atoms with Gasteiger partial charge in [0.15, 0.2) is 0 Å². The molecule has 1 aromatic carbocycles. The number of amides is 1. The van der Waals surface area contributed by atoms with E-state index in [-0.39, 0.29) is 5.91 Å².